The van der Waals surface area contributed by atoms with Crippen LogP contribution >= 0.6 is 0 Å². The molecule has 3 aromatic heterocycles. The highest BCUT2D eigenvalue weighted by Gasteiger charge is 2.22. The van der Waals surface area contributed by atoms with Gasteiger partial charge in [0.25, 0.3) is 0 Å². The third-order valence-corrected chi connectivity index (χ3v) is 12.4. The third kappa shape index (κ3) is 5.69. The molecular weight excluding hydrogens is 771 g/mol. The van der Waals surface area contributed by atoms with E-state index in [1.165, 1.54) is 21.5 Å². The molecule has 0 aliphatic heterocycles. The van der Waals surface area contributed by atoms with Crippen molar-refractivity contribution in [2.24, 2.45) is 0 Å². The van der Waals surface area contributed by atoms with Crippen LogP contribution in [0.3, 0.4) is 0 Å². The first-order valence-corrected chi connectivity index (χ1v) is 21.2. The van der Waals surface area contributed by atoms with Crippen molar-refractivity contribution in [1.82, 2.24) is 19.5 Å². The highest BCUT2D eigenvalue weighted by molar-refractivity contribution is 6.22. The normalized spacial score (nSPS) is 11.8. The van der Waals surface area contributed by atoms with E-state index in [-0.39, 0.29) is 0 Å². The summed E-state index contributed by atoms with van der Waals surface area (Å²) in [6, 6.07) is 74.6. The Morgan fingerprint density at radius 3 is 1.75 bits per heavy atom. The summed E-state index contributed by atoms with van der Waals surface area (Å²) in [5.41, 5.74) is 8.58. The monoisotopic (exact) mass is 805 g/mol. The van der Waals surface area contributed by atoms with Gasteiger partial charge >= 0.3 is 0 Å². The first-order valence-electron chi connectivity index (χ1n) is 21.2. The maximum atomic E-state index is 6.53. The van der Waals surface area contributed by atoms with Gasteiger partial charge in [0.05, 0.1) is 11.0 Å². The van der Waals surface area contributed by atoms with Gasteiger partial charge in [0, 0.05) is 49.7 Å². The van der Waals surface area contributed by atoms with Crippen LogP contribution in [0.1, 0.15) is 0 Å². The third-order valence-electron chi connectivity index (χ3n) is 12.4. The summed E-state index contributed by atoms with van der Waals surface area (Å²) in [5.74, 6) is 1.68. The van der Waals surface area contributed by atoms with Crippen molar-refractivity contribution in [2.45, 2.75) is 0 Å². The van der Waals surface area contributed by atoms with Gasteiger partial charge in [-0.05, 0) is 99.0 Å². The minimum Gasteiger partial charge on any atom is -0.456 e. The van der Waals surface area contributed by atoms with Crippen molar-refractivity contribution in [3.63, 3.8) is 0 Å². The lowest BCUT2D eigenvalue weighted by Crippen LogP contribution is -2.10. The van der Waals surface area contributed by atoms with Crippen LogP contribution in [-0.2, 0) is 0 Å². The highest BCUT2D eigenvalue weighted by Crippen LogP contribution is 2.43. The predicted octanol–water partition coefficient (Wildman–Crippen LogP) is 15.1. The molecule has 0 fully saturated rings. The average Bonchev–Trinajstić information content (AvgIpc) is 3.90. The number of hydrogen-bond donors (Lipinski definition) is 0. The smallest absolute Gasteiger partial charge is 0.238 e. The molecule has 0 atom stereocenters. The molecule has 0 aliphatic carbocycles. The molecule has 13 rings (SSSR count). The molecule has 294 valence electrons. The molecule has 6 nitrogen and oxygen atoms in total. The van der Waals surface area contributed by atoms with E-state index < -0.39 is 0 Å². The number of anilines is 3. The van der Waals surface area contributed by atoms with E-state index in [4.69, 9.17) is 19.4 Å². The van der Waals surface area contributed by atoms with E-state index in [9.17, 15) is 0 Å². The molecule has 0 saturated carbocycles. The summed E-state index contributed by atoms with van der Waals surface area (Å²) < 4.78 is 8.73. The predicted molar refractivity (Wildman–Crippen MR) is 260 cm³/mol. The quantitative estimate of drug-likeness (QED) is 0.167. The first kappa shape index (κ1) is 35.2. The van der Waals surface area contributed by atoms with Gasteiger partial charge in [0.1, 0.15) is 11.2 Å². The molecule has 10 aromatic carbocycles. The van der Waals surface area contributed by atoms with Crippen LogP contribution in [0.2, 0.25) is 0 Å². The van der Waals surface area contributed by atoms with E-state index in [2.05, 4.69) is 191 Å². The van der Waals surface area contributed by atoms with Crippen LogP contribution < -0.4 is 4.90 Å². The molecule has 0 bridgehead atoms. The van der Waals surface area contributed by atoms with Gasteiger partial charge in [-0.2, -0.15) is 9.97 Å². The summed E-state index contributed by atoms with van der Waals surface area (Å²) in [7, 11) is 0. The van der Waals surface area contributed by atoms with E-state index in [1.807, 2.05) is 30.3 Å². The van der Waals surface area contributed by atoms with Crippen LogP contribution in [0.25, 0.3) is 105 Å². The second-order valence-electron chi connectivity index (χ2n) is 16.0. The molecule has 0 spiro atoms. The molecule has 6 heteroatoms. The topological polar surface area (TPSA) is 60.0 Å². The Morgan fingerprint density at radius 2 is 0.952 bits per heavy atom. The summed E-state index contributed by atoms with van der Waals surface area (Å²) >= 11 is 0. The van der Waals surface area contributed by atoms with E-state index >= 15 is 0 Å². The van der Waals surface area contributed by atoms with Crippen molar-refractivity contribution in [2.75, 3.05) is 4.90 Å². The Bertz CT molecular complexity index is 3930. The SMILES string of the molecule is c1ccc(-c2nc(-c3ccc4c(c3)oc3ccc5ccccc5c34)nc(-n3c4ccc(N(c5ccccc5)c5ccc6ccccc6c5)cc4c4c5ccccc5ccc43)n2)cc1. The fourth-order valence-electron chi connectivity index (χ4n) is 9.47. The molecular formula is C57H35N5O. The Balaban J connectivity index is 1.05. The van der Waals surface area contributed by atoms with Gasteiger partial charge in [0.15, 0.2) is 11.6 Å². The van der Waals surface area contributed by atoms with Crippen molar-refractivity contribution in [3.8, 4) is 28.7 Å². The summed E-state index contributed by atoms with van der Waals surface area (Å²) in [4.78, 5) is 18.1. The van der Waals surface area contributed by atoms with Crippen molar-refractivity contribution >= 4 is 93.1 Å². The number of para-hydroxylation sites is 1. The van der Waals surface area contributed by atoms with Crippen LogP contribution in [0.4, 0.5) is 17.1 Å². The van der Waals surface area contributed by atoms with Gasteiger partial charge in [-0.15, -0.1) is 0 Å². The fourth-order valence-corrected chi connectivity index (χ4v) is 9.47. The van der Waals surface area contributed by atoms with Crippen molar-refractivity contribution in [1.29, 1.82) is 0 Å². The number of nitrogens with zero attached hydrogens (tertiary/aromatic N) is 5. The summed E-state index contributed by atoms with van der Waals surface area (Å²) in [6.45, 7) is 0. The van der Waals surface area contributed by atoms with Gasteiger partial charge < -0.3 is 9.32 Å². The minimum atomic E-state index is 0.534. The number of benzene rings is 10. The van der Waals surface area contributed by atoms with Crippen molar-refractivity contribution < 1.29 is 4.42 Å². The molecule has 0 aliphatic rings. The molecule has 0 unspecified atom stereocenters. The summed E-state index contributed by atoms with van der Waals surface area (Å²) in [6.07, 6.45) is 0. The Hall–Kier alpha value is -8.61. The lowest BCUT2D eigenvalue weighted by Gasteiger charge is -2.26. The highest BCUT2D eigenvalue weighted by atomic mass is 16.3. The maximum Gasteiger partial charge on any atom is 0.238 e. The number of furan rings is 1. The first-order chi connectivity index (χ1) is 31.2. The molecule has 63 heavy (non-hydrogen) atoms. The van der Waals surface area contributed by atoms with Crippen LogP contribution in [0.5, 0.6) is 0 Å². The van der Waals surface area contributed by atoms with E-state index in [0.29, 0.717) is 17.6 Å². The molecule has 0 saturated heterocycles. The summed E-state index contributed by atoms with van der Waals surface area (Å²) in [5, 5.41) is 11.5. The standard InChI is InChI=1S/C57H35N5O/c1-3-16-39(17-4-1)55-58-56(41-24-29-47-52(34-41)63-51-32-26-38-15-10-12-22-46(38)54(47)51)60-57(59-55)62-49-31-28-44(35-48(49)53-45-21-11-9-14-37(45)25-30-50(53)62)61(42-19-5-2-6-20-42)43-27-23-36-13-7-8-18-40(36)33-43/h1-35H. The Kier molecular flexibility index (Phi) is 7.80. The van der Waals surface area contributed by atoms with Gasteiger partial charge in [0.2, 0.25) is 5.95 Å². The number of rotatable bonds is 6. The molecule has 3 heterocycles. The number of fused-ring (bicyclic) bond motifs is 11. The largest absolute Gasteiger partial charge is 0.456 e. The maximum absolute atomic E-state index is 6.53. The molecule has 0 radical (unpaired) electrons. The molecule has 0 N–H and O–H groups in total. The molecule has 13 aromatic rings. The van der Waals surface area contributed by atoms with Crippen LogP contribution in [-0.4, -0.2) is 19.5 Å². The van der Waals surface area contributed by atoms with E-state index in [0.717, 1.165) is 82.7 Å². The van der Waals surface area contributed by atoms with Crippen molar-refractivity contribution in [3.05, 3.63) is 212 Å². The second-order valence-corrected chi connectivity index (χ2v) is 16.0. The molecule has 0 amide bonds. The average molecular weight is 806 g/mol. The van der Waals surface area contributed by atoms with Gasteiger partial charge in [-0.25, -0.2) is 4.98 Å². The number of aromatic nitrogens is 4. The second kappa shape index (κ2) is 14.0. The zero-order valence-electron chi connectivity index (χ0n) is 33.9. The zero-order valence-corrected chi connectivity index (χ0v) is 33.9. The Morgan fingerprint density at radius 1 is 0.349 bits per heavy atom. The van der Waals surface area contributed by atoms with Crippen LogP contribution in [0.15, 0.2) is 217 Å². The zero-order chi connectivity index (χ0) is 41.4. The lowest BCUT2D eigenvalue weighted by atomic mass is 10.0. The van der Waals surface area contributed by atoms with Crippen LogP contribution in [0, 0.1) is 0 Å². The minimum absolute atomic E-state index is 0.534. The lowest BCUT2D eigenvalue weighted by molar-refractivity contribution is 0.669. The van der Waals surface area contributed by atoms with Gasteiger partial charge in [-0.1, -0.05) is 146 Å². The number of hydrogen-bond acceptors (Lipinski definition) is 5. The van der Waals surface area contributed by atoms with Gasteiger partial charge in [-0.3, -0.25) is 4.57 Å². The van der Waals surface area contributed by atoms with E-state index in [1.54, 1.807) is 0 Å². The Labute approximate surface area is 361 Å². The fraction of sp³-hybridized carbons (Fsp3) is 0.